The number of benzene rings is 3. The normalized spacial score (nSPS) is 16.4. The second-order valence-electron chi connectivity index (χ2n) is 7.55. The van der Waals surface area contributed by atoms with Gasteiger partial charge < -0.3 is 10.2 Å². The minimum atomic E-state index is -0.351. The molecule has 0 bridgehead atoms. The van der Waals surface area contributed by atoms with Gasteiger partial charge in [-0.2, -0.15) is 0 Å². The number of amides is 2. The van der Waals surface area contributed by atoms with Gasteiger partial charge in [0.05, 0.1) is 11.6 Å². The number of para-hydroxylation sites is 1. The number of fused-ring (bicyclic) bond motifs is 1. The van der Waals surface area contributed by atoms with Crippen molar-refractivity contribution in [1.29, 1.82) is 0 Å². The van der Waals surface area contributed by atoms with Gasteiger partial charge in [0, 0.05) is 24.0 Å². The highest BCUT2D eigenvalue weighted by molar-refractivity contribution is 6.08. The highest BCUT2D eigenvalue weighted by Crippen LogP contribution is 2.32. The fraction of sp³-hybridized carbons (Fsp3) is 0.280. The number of nitrogens with zero attached hydrogens (tertiary/aromatic N) is 1. The number of carbonyl (C=O) groups is 2. The molecule has 0 aliphatic carbocycles. The number of hydrogen-bond donors (Lipinski definition) is 1. The predicted octanol–water partition coefficient (Wildman–Crippen LogP) is 4.96. The second-order valence-corrected chi connectivity index (χ2v) is 7.55. The van der Waals surface area contributed by atoms with Crippen LogP contribution in [0.5, 0.6) is 0 Å². The van der Waals surface area contributed by atoms with Crippen molar-refractivity contribution in [3.8, 4) is 0 Å². The standard InChI is InChI=1S/C25H26N2O2/c1-3-17-10-7-11-18(4-2)24(17)26-25(29)20-15-23(28)27(16-20)22-14-8-12-19-9-5-6-13-21(19)22/h5-14,20H,3-4,15-16H2,1-2H3,(H,26,29)/t20-/m0/s1. The Hall–Kier alpha value is -3.14. The lowest BCUT2D eigenvalue weighted by atomic mass is 10.0. The van der Waals surface area contributed by atoms with E-state index in [1.807, 2.05) is 48.5 Å². The largest absolute Gasteiger partial charge is 0.325 e. The zero-order valence-electron chi connectivity index (χ0n) is 16.9. The van der Waals surface area contributed by atoms with Gasteiger partial charge in [-0.25, -0.2) is 0 Å². The average Bonchev–Trinajstić information content (AvgIpc) is 3.15. The van der Waals surface area contributed by atoms with E-state index in [1.165, 1.54) is 0 Å². The first-order chi connectivity index (χ1) is 14.1. The lowest BCUT2D eigenvalue weighted by Crippen LogP contribution is -2.28. The molecule has 0 spiro atoms. The van der Waals surface area contributed by atoms with Crippen LogP contribution in [-0.2, 0) is 22.4 Å². The highest BCUT2D eigenvalue weighted by Gasteiger charge is 2.36. The number of anilines is 2. The Morgan fingerprint density at radius 2 is 1.62 bits per heavy atom. The molecule has 1 saturated heterocycles. The molecule has 1 N–H and O–H groups in total. The van der Waals surface area contributed by atoms with Crippen LogP contribution in [0, 0.1) is 5.92 Å². The number of hydrogen-bond acceptors (Lipinski definition) is 2. The lowest BCUT2D eigenvalue weighted by molar-refractivity contribution is -0.122. The van der Waals surface area contributed by atoms with E-state index in [0.717, 1.165) is 46.1 Å². The Morgan fingerprint density at radius 3 is 2.34 bits per heavy atom. The summed E-state index contributed by atoms with van der Waals surface area (Å²) in [6, 6.07) is 20.1. The number of aryl methyl sites for hydroxylation is 2. The fourth-order valence-corrected chi connectivity index (χ4v) is 4.19. The van der Waals surface area contributed by atoms with Crippen molar-refractivity contribution in [2.75, 3.05) is 16.8 Å². The molecule has 2 amide bonds. The summed E-state index contributed by atoms with van der Waals surface area (Å²) in [6.45, 7) is 4.59. The van der Waals surface area contributed by atoms with Crippen molar-refractivity contribution in [2.45, 2.75) is 33.1 Å². The van der Waals surface area contributed by atoms with Crippen LogP contribution in [0.1, 0.15) is 31.4 Å². The van der Waals surface area contributed by atoms with Gasteiger partial charge in [0.1, 0.15) is 0 Å². The molecule has 0 unspecified atom stereocenters. The van der Waals surface area contributed by atoms with Crippen molar-refractivity contribution < 1.29 is 9.59 Å². The average molecular weight is 386 g/mol. The summed E-state index contributed by atoms with van der Waals surface area (Å²) < 4.78 is 0. The molecule has 148 valence electrons. The van der Waals surface area contributed by atoms with Gasteiger partial charge in [0.15, 0.2) is 0 Å². The maximum Gasteiger partial charge on any atom is 0.229 e. The molecule has 29 heavy (non-hydrogen) atoms. The molecule has 3 aromatic rings. The Labute approximate surface area is 171 Å². The zero-order valence-corrected chi connectivity index (χ0v) is 16.9. The summed E-state index contributed by atoms with van der Waals surface area (Å²) in [5, 5.41) is 5.26. The molecule has 4 nitrogen and oxygen atoms in total. The van der Waals surface area contributed by atoms with Crippen LogP contribution in [0.3, 0.4) is 0 Å². The smallest absolute Gasteiger partial charge is 0.229 e. The third-order valence-electron chi connectivity index (χ3n) is 5.80. The van der Waals surface area contributed by atoms with Gasteiger partial charge in [0.25, 0.3) is 0 Å². The summed E-state index contributed by atoms with van der Waals surface area (Å²) in [5.41, 5.74) is 4.06. The molecular formula is C25H26N2O2. The Bertz CT molecular complexity index is 1050. The zero-order chi connectivity index (χ0) is 20.4. The first-order valence-electron chi connectivity index (χ1n) is 10.3. The molecule has 0 saturated carbocycles. The van der Waals surface area contributed by atoms with Crippen LogP contribution >= 0.6 is 0 Å². The topological polar surface area (TPSA) is 49.4 Å². The van der Waals surface area contributed by atoms with Crippen molar-refractivity contribution in [2.24, 2.45) is 5.92 Å². The quantitative estimate of drug-likeness (QED) is 0.674. The Kier molecular flexibility index (Phi) is 5.34. The summed E-state index contributed by atoms with van der Waals surface area (Å²) in [7, 11) is 0. The van der Waals surface area contributed by atoms with Crippen molar-refractivity contribution in [1.82, 2.24) is 0 Å². The second kappa shape index (κ2) is 8.08. The molecule has 1 aliphatic heterocycles. The number of nitrogens with one attached hydrogen (secondary N) is 1. The van der Waals surface area contributed by atoms with Gasteiger partial charge in [-0.3, -0.25) is 9.59 Å². The van der Waals surface area contributed by atoms with E-state index in [1.54, 1.807) is 4.90 Å². The summed E-state index contributed by atoms with van der Waals surface area (Å²) in [6.07, 6.45) is 1.95. The third kappa shape index (κ3) is 3.63. The maximum absolute atomic E-state index is 13.0. The van der Waals surface area contributed by atoms with E-state index in [4.69, 9.17) is 0 Å². The molecule has 3 aromatic carbocycles. The molecule has 0 aromatic heterocycles. The van der Waals surface area contributed by atoms with E-state index in [9.17, 15) is 9.59 Å². The first-order valence-corrected chi connectivity index (χ1v) is 10.3. The Morgan fingerprint density at radius 1 is 0.966 bits per heavy atom. The minimum absolute atomic E-state index is 0.000921. The molecule has 4 heteroatoms. The summed E-state index contributed by atoms with van der Waals surface area (Å²) in [5.74, 6) is -0.422. The van der Waals surface area contributed by atoms with Crippen LogP contribution in [0.25, 0.3) is 10.8 Å². The van der Waals surface area contributed by atoms with Gasteiger partial charge >= 0.3 is 0 Å². The lowest BCUT2D eigenvalue weighted by Gasteiger charge is -2.20. The van der Waals surface area contributed by atoms with Gasteiger partial charge in [-0.05, 0) is 35.4 Å². The van der Waals surface area contributed by atoms with Crippen LogP contribution in [0.4, 0.5) is 11.4 Å². The minimum Gasteiger partial charge on any atom is -0.325 e. The third-order valence-corrected chi connectivity index (χ3v) is 5.80. The van der Waals surface area contributed by atoms with Crippen molar-refractivity contribution in [3.05, 3.63) is 71.8 Å². The van der Waals surface area contributed by atoms with E-state index in [0.29, 0.717) is 6.54 Å². The number of rotatable bonds is 5. The van der Waals surface area contributed by atoms with Crippen molar-refractivity contribution >= 4 is 34.0 Å². The predicted molar refractivity (Wildman–Crippen MR) is 118 cm³/mol. The Balaban J connectivity index is 1.58. The van der Waals surface area contributed by atoms with Crippen LogP contribution in [-0.4, -0.2) is 18.4 Å². The van der Waals surface area contributed by atoms with Gasteiger partial charge in [-0.1, -0.05) is 68.4 Å². The van der Waals surface area contributed by atoms with E-state index < -0.39 is 0 Å². The van der Waals surface area contributed by atoms with Crippen LogP contribution in [0.2, 0.25) is 0 Å². The summed E-state index contributed by atoms with van der Waals surface area (Å²) in [4.78, 5) is 27.6. The monoisotopic (exact) mass is 386 g/mol. The molecule has 1 fully saturated rings. The molecule has 1 aliphatic rings. The first kappa shape index (κ1) is 19.2. The van der Waals surface area contributed by atoms with E-state index in [-0.39, 0.29) is 24.2 Å². The molecule has 1 heterocycles. The van der Waals surface area contributed by atoms with Crippen molar-refractivity contribution in [3.63, 3.8) is 0 Å². The van der Waals surface area contributed by atoms with Gasteiger partial charge in [0.2, 0.25) is 11.8 Å². The molecule has 0 radical (unpaired) electrons. The SMILES string of the molecule is CCc1cccc(CC)c1NC(=O)[C@H]1CC(=O)N(c2cccc3ccccc23)C1. The maximum atomic E-state index is 13.0. The molecular weight excluding hydrogens is 360 g/mol. The molecule has 4 rings (SSSR count). The summed E-state index contributed by atoms with van der Waals surface area (Å²) >= 11 is 0. The molecule has 1 atom stereocenters. The van der Waals surface area contributed by atoms with E-state index in [2.05, 4.69) is 31.3 Å². The highest BCUT2D eigenvalue weighted by atomic mass is 16.2. The fourth-order valence-electron chi connectivity index (χ4n) is 4.19. The van der Waals surface area contributed by atoms with E-state index >= 15 is 0 Å². The number of carbonyl (C=O) groups excluding carboxylic acids is 2. The van der Waals surface area contributed by atoms with Crippen LogP contribution < -0.4 is 10.2 Å². The van der Waals surface area contributed by atoms with Gasteiger partial charge in [-0.15, -0.1) is 0 Å². The van der Waals surface area contributed by atoms with Crippen LogP contribution in [0.15, 0.2) is 60.7 Å².